The molecule has 1 aliphatic rings. The molecule has 24 heavy (non-hydrogen) atoms. The van der Waals surface area contributed by atoms with E-state index in [1.54, 1.807) is 11.9 Å². The van der Waals surface area contributed by atoms with Gasteiger partial charge in [-0.15, -0.1) is 0 Å². The van der Waals surface area contributed by atoms with E-state index < -0.39 is 29.2 Å². The van der Waals surface area contributed by atoms with Crippen LogP contribution < -0.4 is 0 Å². The number of nitrogens with zero attached hydrogens (tertiary/aromatic N) is 2. The highest BCUT2D eigenvalue weighted by molar-refractivity contribution is 9.09. The predicted molar refractivity (Wildman–Crippen MR) is 83.7 cm³/mol. The third-order valence-electron chi connectivity index (χ3n) is 4.02. The number of alkyl halides is 4. The second kappa shape index (κ2) is 6.72. The minimum absolute atomic E-state index is 0.0631. The Labute approximate surface area is 145 Å². The monoisotopic (exact) mass is 408 g/mol. The predicted octanol–water partition coefficient (Wildman–Crippen LogP) is 2.20. The molecule has 1 N–H and O–H groups in total. The van der Waals surface area contributed by atoms with Gasteiger partial charge in [0, 0.05) is 19.6 Å². The van der Waals surface area contributed by atoms with Crippen molar-refractivity contribution in [1.82, 2.24) is 9.80 Å². The van der Waals surface area contributed by atoms with Crippen LogP contribution in [0.2, 0.25) is 0 Å². The highest BCUT2D eigenvalue weighted by atomic mass is 79.9. The van der Waals surface area contributed by atoms with Crippen molar-refractivity contribution >= 4 is 27.8 Å². The summed E-state index contributed by atoms with van der Waals surface area (Å²) in [7, 11) is 1.73. The first-order valence-corrected chi connectivity index (χ1v) is 8.17. The van der Waals surface area contributed by atoms with Crippen molar-refractivity contribution in [3.8, 4) is 0 Å². The lowest BCUT2D eigenvalue weighted by molar-refractivity contribution is -0.171. The largest absolute Gasteiger partial charge is 0.479 e. The maximum Gasteiger partial charge on any atom is 0.416 e. The number of carboxylic acid groups (broad SMARTS) is 1. The van der Waals surface area contributed by atoms with Gasteiger partial charge < -0.3 is 14.9 Å². The molecule has 1 amide bonds. The number of carbonyl (C=O) groups is 2. The van der Waals surface area contributed by atoms with E-state index in [0.717, 1.165) is 12.1 Å². The van der Waals surface area contributed by atoms with Crippen LogP contribution in [0.15, 0.2) is 24.3 Å². The van der Waals surface area contributed by atoms with E-state index in [1.165, 1.54) is 17.0 Å². The Balaban J connectivity index is 2.27. The molecule has 1 aliphatic heterocycles. The number of carboxylic acids is 1. The number of halogens is 4. The van der Waals surface area contributed by atoms with Gasteiger partial charge in [-0.25, -0.2) is 4.79 Å². The zero-order chi connectivity index (χ0) is 18.1. The molecule has 0 aromatic heterocycles. The fourth-order valence-electron chi connectivity index (χ4n) is 2.80. The Hall–Kier alpha value is -1.61. The Kier molecular flexibility index (Phi) is 5.24. The van der Waals surface area contributed by atoms with Crippen LogP contribution in [0.25, 0.3) is 0 Å². The zero-order valence-corrected chi connectivity index (χ0v) is 14.4. The molecule has 0 radical (unpaired) electrons. The second-order valence-corrected chi connectivity index (χ2v) is 6.38. The quantitative estimate of drug-likeness (QED) is 0.758. The van der Waals surface area contributed by atoms with E-state index in [0.29, 0.717) is 5.56 Å². The van der Waals surface area contributed by atoms with E-state index in [1.807, 2.05) is 0 Å². The van der Waals surface area contributed by atoms with E-state index in [9.17, 15) is 27.9 Å². The van der Waals surface area contributed by atoms with Crippen LogP contribution in [-0.2, 0) is 22.3 Å². The third kappa shape index (κ3) is 3.56. The summed E-state index contributed by atoms with van der Waals surface area (Å²) in [6.45, 7) is 0.270. The van der Waals surface area contributed by atoms with Gasteiger partial charge in [-0.1, -0.05) is 28.1 Å². The number of likely N-dealkylation sites (tertiary alicyclic amines) is 1. The summed E-state index contributed by atoms with van der Waals surface area (Å²) in [5.74, 6) is -1.55. The Morgan fingerprint density at radius 1 is 1.29 bits per heavy atom. The molecule has 1 aromatic rings. The van der Waals surface area contributed by atoms with Crippen LogP contribution in [0.5, 0.6) is 0 Å². The van der Waals surface area contributed by atoms with Crippen molar-refractivity contribution in [3.63, 3.8) is 0 Å². The van der Waals surface area contributed by atoms with Gasteiger partial charge in [-0.05, 0) is 24.7 Å². The smallest absolute Gasteiger partial charge is 0.416 e. The summed E-state index contributed by atoms with van der Waals surface area (Å²) in [6, 6.07) is 4.36. The van der Waals surface area contributed by atoms with Gasteiger partial charge >= 0.3 is 12.1 Å². The molecular weight excluding hydrogens is 393 g/mol. The summed E-state index contributed by atoms with van der Waals surface area (Å²) < 4.78 is 37.8. The molecule has 2 rings (SSSR count). The van der Waals surface area contributed by atoms with Gasteiger partial charge in [0.15, 0.2) is 5.54 Å². The number of aliphatic carboxylic acids is 1. The molecule has 0 bridgehead atoms. The number of benzene rings is 1. The molecule has 1 aromatic carbocycles. The molecule has 1 saturated heterocycles. The van der Waals surface area contributed by atoms with Crippen LogP contribution >= 0.6 is 15.9 Å². The molecule has 0 aliphatic carbocycles. The van der Waals surface area contributed by atoms with E-state index in [4.69, 9.17) is 0 Å². The van der Waals surface area contributed by atoms with Gasteiger partial charge in [0.25, 0.3) is 0 Å². The van der Waals surface area contributed by atoms with E-state index in [-0.39, 0.29) is 25.0 Å². The Morgan fingerprint density at radius 3 is 2.21 bits per heavy atom. The second-order valence-electron chi connectivity index (χ2n) is 5.82. The number of carbonyl (C=O) groups excluding carboxylic acids is 1. The maximum atomic E-state index is 12.6. The fraction of sp³-hybridized carbons (Fsp3) is 0.467. The number of rotatable bonds is 5. The number of amides is 1. The first-order valence-electron chi connectivity index (χ1n) is 7.04. The van der Waals surface area contributed by atoms with Crippen LogP contribution in [0.4, 0.5) is 13.2 Å². The summed E-state index contributed by atoms with van der Waals surface area (Å²) in [5, 5.41) is 9.50. The lowest BCUT2D eigenvalue weighted by atomic mass is 9.87. The van der Waals surface area contributed by atoms with E-state index in [2.05, 4.69) is 15.9 Å². The highest BCUT2D eigenvalue weighted by Gasteiger charge is 2.54. The van der Waals surface area contributed by atoms with Crippen molar-refractivity contribution in [2.45, 2.75) is 18.3 Å². The van der Waals surface area contributed by atoms with Crippen LogP contribution in [0.1, 0.15) is 11.1 Å². The molecule has 0 saturated carbocycles. The van der Waals surface area contributed by atoms with Crippen molar-refractivity contribution in [2.24, 2.45) is 0 Å². The summed E-state index contributed by atoms with van der Waals surface area (Å²) in [5.41, 5.74) is -1.71. The van der Waals surface area contributed by atoms with Gasteiger partial charge in [-0.3, -0.25) is 4.79 Å². The van der Waals surface area contributed by atoms with Gasteiger partial charge in [0.05, 0.1) is 10.9 Å². The molecule has 1 fully saturated rings. The average Bonchev–Trinajstić information content (AvgIpc) is 2.48. The molecule has 0 unspecified atom stereocenters. The topological polar surface area (TPSA) is 60.9 Å². The van der Waals surface area contributed by atoms with Crippen molar-refractivity contribution in [2.75, 3.05) is 25.5 Å². The molecule has 0 atom stereocenters. The number of hydrogen-bond donors (Lipinski definition) is 1. The van der Waals surface area contributed by atoms with Crippen molar-refractivity contribution in [1.29, 1.82) is 0 Å². The lowest BCUT2D eigenvalue weighted by Gasteiger charge is -2.51. The summed E-state index contributed by atoms with van der Waals surface area (Å²) in [6.07, 6.45) is -4.44. The zero-order valence-electron chi connectivity index (χ0n) is 12.8. The molecule has 132 valence electrons. The molecule has 1 heterocycles. The maximum absolute atomic E-state index is 12.6. The summed E-state index contributed by atoms with van der Waals surface area (Å²) in [4.78, 5) is 26.9. The highest BCUT2D eigenvalue weighted by Crippen LogP contribution is 2.31. The first kappa shape index (κ1) is 18.7. The Bertz CT molecular complexity index is 628. The van der Waals surface area contributed by atoms with Crippen LogP contribution in [-0.4, -0.2) is 57.8 Å². The average molecular weight is 409 g/mol. The fourth-order valence-corrected chi connectivity index (χ4v) is 3.10. The van der Waals surface area contributed by atoms with Gasteiger partial charge in [-0.2, -0.15) is 13.2 Å². The number of hydrogen-bond acceptors (Lipinski definition) is 3. The standard InChI is InChI=1S/C15H16BrF3N2O3/c1-20-8-14(9-20,13(23)24)21(12(22)6-16)7-10-2-4-11(5-3-10)15(17,18)19/h2-5H,6-9H2,1H3,(H,23,24). The number of likely N-dealkylation sites (N-methyl/N-ethyl adjacent to an activating group) is 1. The van der Waals surface area contributed by atoms with Gasteiger partial charge in [0.2, 0.25) is 5.91 Å². The van der Waals surface area contributed by atoms with Gasteiger partial charge in [0.1, 0.15) is 0 Å². The minimum Gasteiger partial charge on any atom is -0.479 e. The Morgan fingerprint density at radius 2 is 1.83 bits per heavy atom. The molecular formula is C15H16BrF3N2O3. The van der Waals surface area contributed by atoms with Crippen molar-refractivity contribution in [3.05, 3.63) is 35.4 Å². The third-order valence-corrected chi connectivity index (χ3v) is 4.49. The molecule has 5 nitrogen and oxygen atoms in total. The lowest BCUT2D eigenvalue weighted by Crippen LogP contribution is -2.74. The summed E-state index contributed by atoms with van der Waals surface area (Å²) >= 11 is 3.03. The van der Waals surface area contributed by atoms with Crippen LogP contribution in [0.3, 0.4) is 0 Å². The SMILES string of the molecule is CN1CC(C(=O)O)(N(Cc2ccc(C(F)(F)F)cc2)C(=O)CBr)C1. The first-order chi connectivity index (χ1) is 11.1. The molecule has 0 spiro atoms. The normalized spacial score (nSPS) is 17.2. The van der Waals surface area contributed by atoms with E-state index >= 15 is 0 Å². The van der Waals surface area contributed by atoms with Crippen molar-refractivity contribution < 1.29 is 27.9 Å². The minimum atomic E-state index is -4.44. The molecule has 9 heteroatoms. The van der Waals surface area contributed by atoms with Crippen LogP contribution in [0, 0.1) is 0 Å².